The van der Waals surface area contributed by atoms with Gasteiger partial charge in [-0.1, -0.05) is 92.2 Å². The van der Waals surface area contributed by atoms with Crippen LogP contribution in [0.1, 0.15) is 36.1 Å². The predicted molar refractivity (Wildman–Crippen MR) is 165 cm³/mol. The van der Waals surface area contributed by atoms with E-state index in [0.717, 1.165) is 29.0 Å². The van der Waals surface area contributed by atoms with Crippen molar-refractivity contribution in [3.05, 3.63) is 125 Å². The molecule has 0 aliphatic heterocycles. The molecular weight excluding hydrogens is 516 g/mol. The Kier molecular flexibility index (Phi) is 17.8. The number of hydrogen-bond donors (Lipinski definition) is 2. The highest BCUT2D eigenvalue weighted by molar-refractivity contribution is 5.77. The fourth-order valence-corrected chi connectivity index (χ4v) is 3.54. The van der Waals surface area contributed by atoms with E-state index in [2.05, 4.69) is 30.0 Å². The molecule has 0 saturated heterocycles. The Hall–Kier alpha value is -4.62. The molecular formula is C34H42N2O5. The van der Waals surface area contributed by atoms with Crippen LogP contribution in [0.2, 0.25) is 0 Å². The van der Waals surface area contributed by atoms with E-state index in [1.807, 2.05) is 99.6 Å². The minimum Gasteiger partial charge on any atom is -0.496 e. The minimum atomic E-state index is -0.344. The van der Waals surface area contributed by atoms with Crippen LogP contribution in [-0.4, -0.2) is 26.0 Å². The molecule has 0 saturated carbocycles. The van der Waals surface area contributed by atoms with Crippen LogP contribution in [0.25, 0.3) is 0 Å². The molecule has 0 aromatic heterocycles. The summed E-state index contributed by atoms with van der Waals surface area (Å²) in [4.78, 5) is 19.3. The molecule has 0 bridgehead atoms. The summed E-state index contributed by atoms with van der Waals surface area (Å²) in [6.07, 6.45) is 1.38. The Bertz CT molecular complexity index is 1250. The first-order chi connectivity index (χ1) is 19.9. The van der Waals surface area contributed by atoms with E-state index in [9.17, 15) is 4.79 Å². The maximum absolute atomic E-state index is 10.7. The number of primary amides is 2. The number of para-hydroxylation sites is 1. The molecule has 4 N–H and O–H groups in total. The standard InChI is InChI=1S/C21H20O2.C10H13NO2.C2H6.CH3NO/c1-3-7-19(8-4-1)17-22-16-15-18-11-13-21(14-12-18)23-20-9-5-2-6-10-20;1-7-3-4-9(13-2)8(5-7)6-10(11)12;1-2;2-1-3/h1-14H,15-17H2;3-5H,6H2,1-2H3,(H2,11,12);1-2H3;1H,(H2,2,3). The number of benzene rings is 4. The number of carbonyl (C=O) groups excluding carboxylic acids is 2. The highest BCUT2D eigenvalue weighted by Gasteiger charge is 2.05. The molecule has 4 aromatic carbocycles. The van der Waals surface area contributed by atoms with E-state index in [4.69, 9.17) is 24.7 Å². The highest BCUT2D eigenvalue weighted by atomic mass is 16.5. The lowest BCUT2D eigenvalue weighted by molar-refractivity contribution is -0.117. The molecule has 7 heteroatoms. The molecule has 4 rings (SSSR count). The molecule has 218 valence electrons. The third kappa shape index (κ3) is 14.9. The van der Waals surface area contributed by atoms with Crippen molar-refractivity contribution in [2.24, 2.45) is 11.5 Å². The van der Waals surface area contributed by atoms with Gasteiger partial charge < -0.3 is 25.7 Å². The summed E-state index contributed by atoms with van der Waals surface area (Å²) in [5.41, 5.74) is 13.7. The summed E-state index contributed by atoms with van der Waals surface area (Å²) in [6.45, 7) is 7.34. The van der Waals surface area contributed by atoms with Gasteiger partial charge in [-0.2, -0.15) is 0 Å². The molecule has 7 nitrogen and oxygen atoms in total. The minimum absolute atomic E-state index is 0.227. The number of ether oxygens (including phenoxy) is 3. The molecule has 0 fully saturated rings. The van der Waals surface area contributed by atoms with Crippen molar-refractivity contribution in [2.75, 3.05) is 13.7 Å². The van der Waals surface area contributed by atoms with E-state index in [1.54, 1.807) is 7.11 Å². The van der Waals surface area contributed by atoms with Crippen molar-refractivity contribution in [3.8, 4) is 17.2 Å². The van der Waals surface area contributed by atoms with E-state index >= 15 is 0 Å². The van der Waals surface area contributed by atoms with Crippen LogP contribution in [0.3, 0.4) is 0 Å². The fraction of sp³-hybridized carbons (Fsp3) is 0.235. The van der Waals surface area contributed by atoms with E-state index in [-0.39, 0.29) is 18.7 Å². The Balaban J connectivity index is 0.000000396. The summed E-state index contributed by atoms with van der Waals surface area (Å²) < 4.78 is 16.6. The molecule has 0 aliphatic carbocycles. The first-order valence-electron chi connectivity index (χ1n) is 13.5. The Labute approximate surface area is 244 Å². The maximum Gasteiger partial charge on any atom is 0.221 e. The summed E-state index contributed by atoms with van der Waals surface area (Å²) in [6, 6.07) is 33.9. The average molecular weight is 559 g/mol. The van der Waals surface area contributed by atoms with Crippen LogP contribution in [0, 0.1) is 6.92 Å². The summed E-state index contributed by atoms with van der Waals surface area (Å²) in [5, 5.41) is 0. The molecule has 0 unspecified atom stereocenters. The zero-order valence-corrected chi connectivity index (χ0v) is 24.4. The number of methoxy groups -OCH3 is 1. The molecule has 2 amide bonds. The van der Waals surface area contributed by atoms with Gasteiger partial charge in [0.25, 0.3) is 0 Å². The van der Waals surface area contributed by atoms with Crippen molar-refractivity contribution >= 4 is 12.3 Å². The van der Waals surface area contributed by atoms with Crippen LogP contribution in [0.15, 0.2) is 103 Å². The third-order valence-corrected chi connectivity index (χ3v) is 5.35. The Morgan fingerprint density at radius 1 is 0.805 bits per heavy atom. The van der Waals surface area contributed by atoms with E-state index in [1.165, 1.54) is 11.1 Å². The topological polar surface area (TPSA) is 114 Å². The lowest BCUT2D eigenvalue weighted by Gasteiger charge is -2.07. The van der Waals surface area contributed by atoms with Crippen LogP contribution in [-0.2, 0) is 33.8 Å². The smallest absolute Gasteiger partial charge is 0.221 e. The zero-order valence-electron chi connectivity index (χ0n) is 24.4. The van der Waals surface area contributed by atoms with Crippen LogP contribution in [0.4, 0.5) is 0 Å². The molecule has 0 aliphatic rings. The second kappa shape index (κ2) is 21.2. The quantitative estimate of drug-likeness (QED) is 0.173. The Morgan fingerprint density at radius 3 is 1.93 bits per heavy atom. The fourth-order valence-electron chi connectivity index (χ4n) is 3.54. The van der Waals surface area contributed by atoms with E-state index in [0.29, 0.717) is 19.0 Å². The normalized spacial score (nSPS) is 9.37. The average Bonchev–Trinajstić information content (AvgIpc) is 2.99. The monoisotopic (exact) mass is 558 g/mol. The predicted octanol–water partition coefficient (Wildman–Crippen LogP) is 6.40. The number of amides is 2. The van der Waals surface area contributed by atoms with Gasteiger partial charge in [-0.05, 0) is 54.8 Å². The lowest BCUT2D eigenvalue weighted by atomic mass is 10.1. The molecule has 0 radical (unpaired) electrons. The summed E-state index contributed by atoms with van der Waals surface area (Å²) in [7, 11) is 1.58. The van der Waals surface area contributed by atoms with Crippen LogP contribution < -0.4 is 20.9 Å². The highest BCUT2D eigenvalue weighted by Crippen LogP contribution is 2.21. The van der Waals surface area contributed by atoms with Crippen LogP contribution >= 0.6 is 0 Å². The van der Waals surface area contributed by atoms with Gasteiger partial charge in [-0.3, -0.25) is 9.59 Å². The first-order valence-corrected chi connectivity index (χ1v) is 13.5. The molecule has 4 aromatic rings. The lowest BCUT2D eigenvalue weighted by Crippen LogP contribution is -2.14. The molecule has 0 spiro atoms. The van der Waals surface area contributed by atoms with Gasteiger partial charge in [0, 0.05) is 5.56 Å². The SMILES string of the molecule is CC.COc1ccc(C)cc1CC(N)=O.NC=O.c1ccc(COCCc2ccc(Oc3ccccc3)cc2)cc1. The van der Waals surface area contributed by atoms with Gasteiger partial charge in [-0.15, -0.1) is 0 Å². The Morgan fingerprint density at radius 2 is 1.37 bits per heavy atom. The third-order valence-electron chi connectivity index (χ3n) is 5.35. The molecule has 0 atom stereocenters. The first kappa shape index (κ1) is 34.4. The molecule has 0 heterocycles. The largest absolute Gasteiger partial charge is 0.496 e. The van der Waals surface area contributed by atoms with Gasteiger partial charge >= 0.3 is 0 Å². The summed E-state index contributed by atoms with van der Waals surface area (Å²) >= 11 is 0. The van der Waals surface area contributed by atoms with Crippen molar-refractivity contribution in [1.29, 1.82) is 0 Å². The van der Waals surface area contributed by atoms with Gasteiger partial charge in [0.1, 0.15) is 17.2 Å². The van der Waals surface area contributed by atoms with Gasteiger partial charge in [0.15, 0.2) is 0 Å². The number of aryl methyl sites for hydroxylation is 1. The number of hydrogen-bond acceptors (Lipinski definition) is 5. The van der Waals surface area contributed by atoms with Crippen LogP contribution in [0.5, 0.6) is 17.2 Å². The zero-order chi connectivity index (χ0) is 30.3. The summed E-state index contributed by atoms with van der Waals surface area (Å²) in [5.74, 6) is 2.07. The molecule has 41 heavy (non-hydrogen) atoms. The second-order valence-electron chi connectivity index (χ2n) is 8.44. The van der Waals surface area contributed by atoms with Gasteiger partial charge in [0.2, 0.25) is 12.3 Å². The van der Waals surface area contributed by atoms with Crippen molar-refractivity contribution in [2.45, 2.75) is 40.2 Å². The van der Waals surface area contributed by atoms with Crippen molar-refractivity contribution < 1.29 is 23.8 Å². The number of nitrogens with two attached hydrogens (primary N) is 2. The number of rotatable bonds is 10. The van der Waals surface area contributed by atoms with E-state index < -0.39 is 0 Å². The van der Waals surface area contributed by atoms with Crippen molar-refractivity contribution in [3.63, 3.8) is 0 Å². The second-order valence-corrected chi connectivity index (χ2v) is 8.44. The van der Waals surface area contributed by atoms with Crippen molar-refractivity contribution in [1.82, 2.24) is 0 Å². The maximum atomic E-state index is 10.7. The van der Waals surface area contributed by atoms with Gasteiger partial charge in [-0.25, -0.2) is 0 Å². The van der Waals surface area contributed by atoms with Gasteiger partial charge in [0.05, 0.1) is 26.7 Å². The number of carbonyl (C=O) groups is 2.